The number of aromatic nitrogens is 3. The predicted molar refractivity (Wildman–Crippen MR) is 98.7 cm³/mol. The number of carbonyl (C=O) groups is 2. The van der Waals surface area contributed by atoms with Crippen LogP contribution in [0.4, 0.5) is 5.82 Å². The minimum absolute atomic E-state index is 0.0831. The topological polar surface area (TPSA) is 68.9 Å². The SMILES string of the molecule is Cc1cccc(-n2nc(C)cc2NC(=O)[C@@H]2CCC(=O)c3cccn32)c1. The van der Waals surface area contributed by atoms with E-state index in [2.05, 4.69) is 10.4 Å². The van der Waals surface area contributed by atoms with Crippen LogP contribution >= 0.6 is 0 Å². The second kappa shape index (κ2) is 6.29. The third kappa shape index (κ3) is 2.83. The van der Waals surface area contributed by atoms with Gasteiger partial charge < -0.3 is 9.88 Å². The van der Waals surface area contributed by atoms with Gasteiger partial charge in [0.15, 0.2) is 5.78 Å². The molecule has 0 spiro atoms. The first-order chi connectivity index (χ1) is 12.5. The minimum atomic E-state index is -0.390. The first-order valence-electron chi connectivity index (χ1n) is 8.67. The summed E-state index contributed by atoms with van der Waals surface area (Å²) >= 11 is 0. The number of Topliss-reactive ketones (excluding diaryl/α,β-unsaturated/α-hetero) is 1. The number of anilines is 1. The summed E-state index contributed by atoms with van der Waals surface area (Å²) in [7, 11) is 0. The van der Waals surface area contributed by atoms with E-state index in [1.807, 2.05) is 44.2 Å². The molecule has 2 aromatic heterocycles. The largest absolute Gasteiger partial charge is 0.333 e. The van der Waals surface area contributed by atoms with Crippen LogP contribution in [0.15, 0.2) is 48.7 Å². The molecule has 0 unspecified atom stereocenters. The Morgan fingerprint density at radius 3 is 2.85 bits per heavy atom. The van der Waals surface area contributed by atoms with Gasteiger partial charge in [0.25, 0.3) is 0 Å². The number of hydrogen-bond acceptors (Lipinski definition) is 3. The number of carbonyl (C=O) groups excluding carboxylic acids is 2. The zero-order valence-corrected chi connectivity index (χ0v) is 14.8. The van der Waals surface area contributed by atoms with Crippen LogP contribution in [0, 0.1) is 13.8 Å². The number of benzene rings is 1. The average Bonchev–Trinajstić information content (AvgIpc) is 3.22. The van der Waals surface area contributed by atoms with Gasteiger partial charge in [-0.2, -0.15) is 5.10 Å². The molecule has 132 valence electrons. The van der Waals surface area contributed by atoms with Gasteiger partial charge in [0, 0.05) is 18.7 Å². The molecule has 0 radical (unpaired) electrons. The van der Waals surface area contributed by atoms with E-state index in [0.29, 0.717) is 24.4 Å². The molecule has 6 nitrogen and oxygen atoms in total. The summed E-state index contributed by atoms with van der Waals surface area (Å²) in [5, 5.41) is 7.50. The fourth-order valence-electron chi connectivity index (χ4n) is 3.45. The van der Waals surface area contributed by atoms with Crippen LogP contribution in [-0.4, -0.2) is 26.0 Å². The molecule has 1 N–H and O–H groups in total. The van der Waals surface area contributed by atoms with Crippen LogP contribution in [0.2, 0.25) is 0 Å². The van der Waals surface area contributed by atoms with Crippen LogP contribution in [0.1, 0.15) is 40.6 Å². The highest BCUT2D eigenvalue weighted by molar-refractivity contribution is 5.99. The fourth-order valence-corrected chi connectivity index (χ4v) is 3.45. The maximum Gasteiger partial charge on any atom is 0.248 e. The first kappa shape index (κ1) is 16.3. The molecule has 0 aliphatic carbocycles. The van der Waals surface area contributed by atoms with Crippen molar-refractivity contribution >= 4 is 17.5 Å². The van der Waals surface area contributed by atoms with Crippen molar-refractivity contribution in [2.75, 3.05) is 5.32 Å². The Balaban J connectivity index is 1.64. The molecular formula is C20H20N4O2. The molecule has 26 heavy (non-hydrogen) atoms. The van der Waals surface area contributed by atoms with Crippen LogP contribution in [0.25, 0.3) is 5.69 Å². The normalized spacial score (nSPS) is 16.4. The Labute approximate surface area is 151 Å². The smallest absolute Gasteiger partial charge is 0.248 e. The third-order valence-electron chi connectivity index (χ3n) is 4.68. The summed E-state index contributed by atoms with van der Waals surface area (Å²) in [5.74, 6) is 0.576. The summed E-state index contributed by atoms with van der Waals surface area (Å²) in [6.45, 7) is 3.91. The van der Waals surface area contributed by atoms with E-state index in [4.69, 9.17) is 0 Å². The Bertz CT molecular complexity index is 999. The van der Waals surface area contributed by atoms with Crippen LogP contribution in [-0.2, 0) is 4.79 Å². The van der Waals surface area contributed by atoms with E-state index in [0.717, 1.165) is 16.9 Å². The summed E-state index contributed by atoms with van der Waals surface area (Å²) in [5.41, 5.74) is 3.44. The van der Waals surface area contributed by atoms with E-state index in [1.165, 1.54) is 0 Å². The van der Waals surface area contributed by atoms with Crippen LogP contribution < -0.4 is 5.32 Å². The van der Waals surface area contributed by atoms with E-state index >= 15 is 0 Å². The van der Waals surface area contributed by atoms with E-state index in [1.54, 1.807) is 27.6 Å². The van der Waals surface area contributed by atoms with Crippen molar-refractivity contribution in [1.29, 1.82) is 0 Å². The minimum Gasteiger partial charge on any atom is -0.333 e. The first-order valence-corrected chi connectivity index (χ1v) is 8.67. The van der Waals surface area contributed by atoms with Crippen LogP contribution in [0.5, 0.6) is 0 Å². The Morgan fingerprint density at radius 2 is 2.04 bits per heavy atom. The summed E-state index contributed by atoms with van der Waals surface area (Å²) in [6.07, 6.45) is 2.68. The van der Waals surface area contributed by atoms with Crippen molar-refractivity contribution in [1.82, 2.24) is 14.3 Å². The molecule has 0 fully saturated rings. The van der Waals surface area contributed by atoms with Crippen molar-refractivity contribution in [2.24, 2.45) is 0 Å². The predicted octanol–water partition coefficient (Wildman–Crippen LogP) is 3.45. The summed E-state index contributed by atoms with van der Waals surface area (Å²) in [4.78, 5) is 24.9. The maximum atomic E-state index is 12.9. The highest BCUT2D eigenvalue weighted by Crippen LogP contribution is 2.27. The van der Waals surface area contributed by atoms with E-state index in [-0.39, 0.29) is 17.7 Å². The van der Waals surface area contributed by atoms with Crippen molar-refractivity contribution in [2.45, 2.75) is 32.7 Å². The van der Waals surface area contributed by atoms with Gasteiger partial charge in [0.2, 0.25) is 5.91 Å². The highest BCUT2D eigenvalue weighted by Gasteiger charge is 2.30. The maximum absolute atomic E-state index is 12.9. The molecule has 4 rings (SSSR count). The monoisotopic (exact) mass is 348 g/mol. The Kier molecular flexibility index (Phi) is 3.95. The molecule has 1 aromatic carbocycles. The molecule has 1 aliphatic rings. The van der Waals surface area contributed by atoms with Gasteiger partial charge in [0.05, 0.1) is 17.1 Å². The summed E-state index contributed by atoms with van der Waals surface area (Å²) < 4.78 is 3.51. The number of amides is 1. The van der Waals surface area contributed by atoms with Gasteiger partial charge in [-0.1, -0.05) is 12.1 Å². The van der Waals surface area contributed by atoms with Crippen LogP contribution in [0.3, 0.4) is 0 Å². The van der Waals surface area contributed by atoms with Gasteiger partial charge in [-0.25, -0.2) is 4.68 Å². The zero-order valence-electron chi connectivity index (χ0n) is 14.8. The molecule has 6 heteroatoms. The fraction of sp³-hybridized carbons (Fsp3) is 0.250. The lowest BCUT2D eigenvalue weighted by Crippen LogP contribution is -2.32. The van der Waals surface area contributed by atoms with Gasteiger partial charge >= 0.3 is 0 Å². The number of nitrogens with one attached hydrogen (secondary N) is 1. The van der Waals surface area contributed by atoms with Gasteiger partial charge in [-0.05, 0) is 50.1 Å². The van der Waals surface area contributed by atoms with E-state index < -0.39 is 0 Å². The number of rotatable bonds is 3. The van der Waals surface area contributed by atoms with Crippen molar-refractivity contribution < 1.29 is 9.59 Å². The second-order valence-electron chi connectivity index (χ2n) is 6.69. The summed E-state index contributed by atoms with van der Waals surface area (Å²) in [6, 6.07) is 13.0. The molecule has 0 saturated carbocycles. The number of ketones is 1. The lowest BCUT2D eigenvalue weighted by molar-refractivity contribution is -0.119. The Hall–Kier alpha value is -3.15. The molecular weight excluding hydrogens is 328 g/mol. The van der Waals surface area contributed by atoms with Crippen molar-refractivity contribution in [3.05, 3.63) is 65.6 Å². The molecule has 3 heterocycles. The molecule has 1 aliphatic heterocycles. The average molecular weight is 348 g/mol. The van der Waals surface area contributed by atoms with Gasteiger partial charge in [-0.3, -0.25) is 9.59 Å². The third-order valence-corrected chi connectivity index (χ3v) is 4.68. The molecule has 1 amide bonds. The molecule has 0 saturated heterocycles. The zero-order chi connectivity index (χ0) is 18.3. The standard InChI is InChI=1S/C20H20N4O2/c1-13-5-3-6-15(11-13)24-19(12-14(2)22-24)21-20(26)17-8-9-18(25)16-7-4-10-23(16)17/h3-7,10-12,17H,8-9H2,1-2H3,(H,21,26)/t17-/m0/s1. The molecule has 0 bridgehead atoms. The van der Waals surface area contributed by atoms with Crippen molar-refractivity contribution in [3.8, 4) is 5.69 Å². The number of nitrogens with zero attached hydrogens (tertiary/aromatic N) is 3. The number of fused-ring (bicyclic) bond motifs is 1. The number of aryl methyl sites for hydroxylation is 2. The lowest BCUT2D eigenvalue weighted by atomic mass is 10.0. The lowest BCUT2D eigenvalue weighted by Gasteiger charge is -2.24. The van der Waals surface area contributed by atoms with Gasteiger partial charge in [0.1, 0.15) is 11.9 Å². The van der Waals surface area contributed by atoms with Gasteiger partial charge in [-0.15, -0.1) is 0 Å². The molecule has 3 aromatic rings. The number of hydrogen-bond donors (Lipinski definition) is 1. The van der Waals surface area contributed by atoms with Crippen molar-refractivity contribution in [3.63, 3.8) is 0 Å². The Morgan fingerprint density at radius 1 is 1.19 bits per heavy atom. The second-order valence-corrected chi connectivity index (χ2v) is 6.69. The highest BCUT2D eigenvalue weighted by atomic mass is 16.2. The molecule has 1 atom stereocenters. The quantitative estimate of drug-likeness (QED) is 0.788. The van der Waals surface area contributed by atoms with E-state index in [9.17, 15) is 9.59 Å².